The minimum Gasteiger partial charge on any atom is -0.352 e. The van der Waals surface area contributed by atoms with Crippen LogP contribution in [0.1, 0.15) is 59.1 Å². The molecule has 0 aromatic carbocycles. The number of amides is 3. The third kappa shape index (κ3) is 6.33. The van der Waals surface area contributed by atoms with Gasteiger partial charge in [-0.25, -0.2) is 9.78 Å². The number of aromatic nitrogens is 1. The Morgan fingerprint density at radius 1 is 1.35 bits per heavy atom. The topological polar surface area (TPSA) is 101 Å². The molecule has 3 amide bonds. The van der Waals surface area contributed by atoms with E-state index in [0.29, 0.717) is 36.1 Å². The fourth-order valence-electron chi connectivity index (χ4n) is 4.63. The Bertz CT molecular complexity index is 1000. The van der Waals surface area contributed by atoms with E-state index in [1.54, 1.807) is 31.4 Å². The molecule has 1 aliphatic heterocycles. The quantitative estimate of drug-likeness (QED) is 0.600. The predicted molar refractivity (Wildman–Crippen MR) is 134 cm³/mol. The average Bonchev–Trinajstić information content (AvgIpc) is 3.35. The molecule has 34 heavy (non-hydrogen) atoms. The molecule has 0 saturated carbocycles. The minimum absolute atomic E-state index is 0.0247. The Hall–Kier alpha value is -2.96. The number of aryl methyl sites for hydroxylation is 2. The summed E-state index contributed by atoms with van der Waals surface area (Å²) >= 11 is 1.65. The zero-order valence-corrected chi connectivity index (χ0v) is 21.2. The molecule has 0 spiro atoms. The van der Waals surface area contributed by atoms with Crippen LogP contribution in [0.15, 0.2) is 22.9 Å². The SMILES string of the molecule is CNC(=O)N(Cc1ccsc1)C1CCN(C(C)CCNC(=O)c2c(C)cc(C#N)nc2C)CC1. The van der Waals surface area contributed by atoms with Gasteiger partial charge in [0.15, 0.2) is 0 Å². The Balaban J connectivity index is 1.48. The number of likely N-dealkylation sites (tertiary alicyclic amines) is 1. The third-order valence-electron chi connectivity index (χ3n) is 6.56. The van der Waals surface area contributed by atoms with Gasteiger partial charge in [0, 0.05) is 45.3 Å². The van der Waals surface area contributed by atoms with Crippen molar-refractivity contribution in [2.75, 3.05) is 26.7 Å². The largest absolute Gasteiger partial charge is 0.352 e. The van der Waals surface area contributed by atoms with Crippen molar-refractivity contribution in [2.45, 2.75) is 58.7 Å². The van der Waals surface area contributed by atoms with Crippen LogP contribution in [0, 0.1) is 25.2 Å². The summed E-state index contributed by atoms with van der Waals surface area (Å²) in [4.78, 5) is 33.8. The number of carbonyl (C=O) groups is 2. The van der Waals surface area contributed by atoms with Crippen molar-refractivity contribution in [3.8, 4) is 6.07 Å². The number of nitrogens with zero attached hydrogens (tertiary/aromatic N) is 4. The fraction of sp³-hybridized carbons (Fsp3) is 0.520. The van der Waals surface area contributed by atoms with E-state index in [4.69, 9.17) is 5.26 Å². The van der Waals surface area contributed by atoms with Crippen molar-refractivity contribution < 1.29 is 9.59 Å². The van der Waals surface area contributed by atoms with Crippen molar-refractivity contribution in [3.63, 3.8) is 0 Å². The molecule has 0 radical (unpaired) electrons. The van der Waals surface area contributed by atoms with E-state index in [1.807, 2.05) is 23.3 Å². The van der Waals surface area contributed by atoms with E-state index in [0.717, 1.165) is 37.9 Å². The van der Waals surface area contributed by atoms with Crippen LogP contribution < -0.4 is 10.6 Å². The molecule has 1 aliphatic rings. The van der Waals surface area contributed by atoms with Gasteiger partial charge in [-0.15, -0.1) is 0 Å². The van der Waals surface area contributed by atoms with Gasteiger partial charge in [0.05, 0.1) is 11.3 Å². The summed E-state index contributed by atoms with van der Waals surface area (Å²) in [5.74, 6) is -0.146. The first-order valence-corrected chi connectivity index (χ1v) is 12.7. The zero-order chi connectivity index (χ0) is 24.7. The normalized spacial score (nSPS) is 15.4. The molecule has 0 bridgehead atoms. The second-order valence-corrected chi connectivity index (χ2v) is 9.65. The van der Waals surface area contributed by atoms with Crippen LogP contribution in [0.4, 0.5) is 4.79 Å². The highest BCUT2D eigenvalue weighted by Crippen LogP contribution is 2.22. The molecule has 9 heteroatoms. The molecule has 0 aliphatic carbocycles. The summed E-state index contributed by atoms with van der Waals surface area (Å²) in [6.45, 7) is 8.84. The number of thiophene rings is 1. The Labute approximate surface area is 206 Å². The van der Waals surface area contributed by atoms with Gasteiger partial charge < -0.3 is 20.4 Å². The molecular weight excluding hydrogens is 448 g/mol. The van der Waals surface area contributed by atoms with Crippen LogP contribution in [0.3, 0.4) is 0 Å². The number of rotatable bonds is 8. The second-order valence-electron chi connectivity index (χ2n) is 8.87. The highest BCUT2D eigenvalue weighted by atomic mass is 32.1. The van der Waals surface area contributed by atoms with Gasteiger partial charge in [-0.05, 0) is 74.1 Å². The molecule has 2 N–H and O–H groups in total. The molecule has 3 heterocycles. The number of carbonyl (C=O) groups excluding carboxylic acids is 2. The van der Waals surface area contributed by atoms with Gasteiger partial charge in [-0.2, -0.15) is 16.6 Å². The lowest BCUT2D eigenvalue weighted by molar-refractivity contribution is 0.0907. The summed E-state index contributed by atoms with van der Waals surface area (Å²) in [5, 5.41) is 19.0. The standard InChI is InChI=1S/C25H34N6O2S/c1-17-13-21(14-26)29-19(3)23(17)24(32)28-9-5-18(2)30-10-6-22(7-11-30)31(25(33)27-4)15-20-8-12-34-16-20/h8,12-13,16,18,22H,5-7,9-11,15H2,1-4H3,(H,27,33)(H,28,32). The fourth-order valence-corrected chi connectivity index (χ4v) is 5.29. The minimum atomic E-state index is -0.146. The molecule has 8 nitrogen and oxygen atoms in total. The lowest BCUT2D eigenvalue weighted by Crippen LogP contribution is -2.51. The van der Waals surface area contributed by atoms with E-state index in [1.165, 1.54) is 5.56 Å². The number of urea groups is 1. The maximum absolute atomic E-state index is 12.7. The lowest BCUT2D eigenvalue weighted by atomic mass is 10.0. The molecule has 1 unspecified atom stereocenters. The first-order chi connectivity index (χ1) is 16.3. The smallest absolute Gasteiger partial charge is 0.317 e. The number of nitrogens with one attached hydrogen (secondary N) is 2. The molecule has 2 aromatic rings. The number of piperidine rings is 1. The highest BCUT2D eigenvalue weighted by Gasteiger charge is 2.29. The van der Waals surface area contributed by atoms with Crippen LogP contribution in [-0.4, -0.2) is 65.5 Å². The van der Waals surface area contributed by atoms with Gasteiger partial charge in [0.2, 0.25) is 0 Å². The van der Waals surface area contributed by atoms with Gasteiger partial charge in [0.25, 0.3) is 5.91 Å². The van der Waals surface area contributed by atoms with E-state index >= 15 is 0 Å². The van der Waals surface area contributed by atoms with Crippen LogP contribution in [-0.2, 0) is 6.54 Å². The summed E-state index contributed by atoms with van der Waals surface area (Å²) in [5.41, 5.74) is 3.39. The number of hydrogen-bond donors (Lipinski definition) is 2. The zero-order valence-electron chi connectivity index (χ0n) is 20.4. The van der Waals surface area contributed by atoms with Crippen LogP contribution in [0.2, 0.25) is 0 Å². The summed E-state index contributed by atoms with van der Waals surface area (Å²) < 4.78 is 0. The molecule has 1 saturated heterocycles. The molecule has 182 valence electrons. The number of pyridine rings is 1. The van der Waals surface area contributed by atoms with Gasteiger partial charge in [-0.1, -0.05) is 0 Å². The van der Waals surface area contributed by atoms with Crippen LogP contribution >= 0.6 is 11.3 Å². The highest BCUT2D eigenvalue weighted by molar-refractivity contribution is 7.07. The van der Waals surface area contributed by atoms with Crippen LogP contribution in [0.5, 0.6) is 0 Å². The molecule has 1 atom stereocenters. The first kappa shape index (κ1) is 25.7. The second kappa shape index (κ2) is 12.0. The van der Waals surface area contributed by atoms with E-state index in [9.17, 15) is 9.59 Å². The summed E-state index contributed by atoms with van der Waals surface area (Å²) in [6, 6.07) is 6.27. The van der Waals surface area contributed by atoms with Crippen LogP contribution in [0.25, 0.3) is 0 Å². The Kier molecular flexibility index (Phi) is 9.02. The number of hydrogen-bond acceptors (Lipinski definition) is 6. The van der Waals surface area contributed by atoms with Crippen molar-refractivity contribution in [1.29, 1.82) is 5.26 Å². The summed E-state index contributed by atoms with van der Waals surface area (Å²) in [7, 11) is 1.69. The van der Waals surface area contributed by atoms with Crippen molar-refractivity contribution in [3.05, 3.63) is 51.0 Å². The van der Waals surface area contributed by atoms with Gasteiger partial charge in [0.1, 0.15) is 11.8 Å². The maximum Gasteiger partial charge on any atom is 0.317 e. The summed E-state index contributed by atoms with van der Waals surface area (Å²) in [6.07, 6.45) is 2.71. The molecule has 3 rings (SSSR count). The number of nitriles is 1. The van der Waals surface area contributed by atoms with Gasteiger partial charge in [-0.3, -0.25) is 4.79 Å². The van der Waals surface area contributed by atoms with Crippen molar-refractivity contribution in [2.24, 2.45) is 0 Å². The first-order valence-electron chi connectivity index (χ1n) is 11.7. The monoisotopic (exact) mass is 482 g/mol. The average molecular weight is 483 g/mol. The molecule has 1 fully saturated rings. The molecular formula is C25H34N6O2S. The van der Waals surface area contributed by atoms with E-state index in [2.05, 4.69) is 38.9 Å². The van der Waals surface area contributed by atoms with Gasteiger partial charge >= 0.3 is 6.03 Å². The Morgan fingerprint density at radius 3 is 2.68 bits per heavy atom. The maximum atomic E-state index is 12.7. The third-order valence-corrected chi connectivity index (χ3v) is 7.29. The molecule has 2 aromatic heterocycles. The van der Waals surface area contributed by atoms with E-state index in [-0.39, 0.29) is 18.0 Å². The lowest BCUT2D eigenvalue weighted by Gasteiger charge is -2.40. The predicted octanol–water partition coefficient (Wildman–Crippen LogP) is 3.45. The van der Waals surface area contributed by atoms with Crippen molar-refractivity contribution >= 4 is 23.3 Å². The van der Waals surface area contributed by atoms with Crippen molar-refractivity contribution in [1.82, 2.24) is 25.4 Å². The Morgan fingerprint density at radius 2 is 2.09 bits per heavy atom. The van der Waals surface area contributed by atoms with E-state index < -0.39 is 0 Å².